The number of ketones is 1. The number of benzene rings is 1. The molecule has 2 aliphatic rings. The van der Waals surface area contributed by atoms with Crippen LogP contribution >= 0.6 is 11.6 Å². The highest BCUT2D eigenvalue weighted by Gasteiger charge is 2.44. The SMILES string of the molecule is CC1(C)CC(=O)C2=C(C1)N(c1cccc(Cl)c1)C(N)=C(C#N)C2c1cccnc1. The van der Waals surface area contributed by atoms with Crippen LogP contribution in [-0.2, 0) is 4.79 Å². The van der Waals surface area contributed by atoms with Crippen LogP contribution in [0.5, 0.6) is 0 Å². The maximum absolute atomic E-state index is 13.3. The third-order valence-electron chi connectivity index (χ3n) is 5.47. The zero-order chi connectivity index (χ0) is 20.8. The van der Waals surface area contributed by atoms with Crippen molar-refractivity contribution < 1.29 is 4.79 Å². The van der Waals surface area contributed by atoms with Crippen molar-refractivity contribution >= 4 is 23.1 Å². The first-order valence-corrected chi connectivity index (χ1v) is 9.82. The number of nitriles is 1. The molecular formula is C23H21ClN4O. The van der Waals surface area contributed by atoms with Gasteiger partial charge in [-0.3, -0.25) is 14.7 Å². The van der Waals surface area contributed by atoms with Crippen molar-refractivity contribution in [1.82, 2.24) is 4.98 Å². The van der Waals surface area contributed by atoms with E-state index in [1.807, 2.05) is 23.1 Å². The second-order valence-electron chi connectivity index (χ2n) is 8.25. The summed E-state index contributed by atoms with van der Waals surface area (Å²) in [6, 6.07) is 13.2. The summed E-state index contributed by atoms with van der Waals surface area (Å²) in [5, 5.41) is 10.6. The lowest BCUT2D eigenvalue weighted by molar-refractivity contribution is -0.118. The van der Waals surface area contributed by atoms with Gasteiger partial charge in [0.25, 0.3) is 0 Å². The smallest absolute Gasteiger partial charge is 0.162 e. The number of Topliss-reactive ketones (excluding diaryl/α,β-unsaturated/α-hetero) is 1. The van der Waals surface area contributed by atoms with E-state index < -0.39 is 5.92 Å². The summed E-state index contributed by atoms with van der Waals surface area (Å²) >= 11 is 6.23. The third-order valence-corrected chi connectivity index (χ3v) is 5.70. The van der Waals surface area contributed by atoms with Crippen molar-refractivity contribution in [2.75, 3.05) is 4.90 Å². The van der Waals surface area contributed by atoms with Gasteiger partial charge in [0.2, 0.25) is 0 Å². The van der Waals surface area contributed by atoms with Gasteiger partial charge in [-0.25, -0.2) is 0 Å². The Morgan fingerprint density at radius 3 is 2.72 bits per heavy atom. The molecule has 1 aromatic carbocycles. The summed E-state index contributed by atoms with van der Waals surface area (Å²) in [5.74, 6) is -0.145. The van der Waals surface area contributed by atoms with E-state index in [1.165, 1.54) is 0 Å². The Bertz CT molecular complexity index is 1100. The molecule has 0 amide bonds. The molecule has 2 heterocycles. The Labute approximate surface area is 175 Å². The first-order chi connectivity index (χ1) is 13.8. The van der Waals surface area contributed by atoms with E-state index in [9.17, 15) is 10.1 Å². The molecule has 146 valence electrons. The highest BCUT2D eigenvalue weighted by molar-refractivity contribution is 6.30. The molecule has 1 unspecified atom stereocenters. The summed E-state index contributed by atoms with van der Waals surface area (Å²) in [6.45, 7) is 4.15. The van der Waals surface area contributed by atoms with Crippen LogP contribution in [0.1, 0.15) is 38.2 Å². The van der Waals surface area contributed by atoms with E-state index in [0.717, 1.165) is 16.9 Å². The summed E-state index contributed by atoms with van der Waals surface area (Å²) < 4.78 is 0. The van der Waals surface area contributed by atoms with Crippen LogP contribution < -0.4 is 10.6 Å². The molecular weight excluding hydrogens is 384 g/mol. The number of nitrogens with zero attached hydrogens (tertiary/aromatic N) is 3. The fourth-order valence-electron chi connectivity index (χ4n) is 4.30. The van der Waals surface area contributed by atoms with Gasteiger partial charge in [-0.2, -0.15) is 5.26 Å². The number of halogens is 1. The number of carbonyl (C=O) groups is 1. The van der Waals surface area contributed by atoms with Crippen LogP contribution in [0.25, 0.3) is 0 Å². The molecule has 5 nitrogen and oxygen atoms in total. The van der Waals surface area contributed by atoms with Crippen LogP contribution in [0, 0.1) is 16.7 Å². The Morgan fingerprint density at radius 1 is 1.28 bits per heavy atom. The fourth-order valence-corrected chi connectivity index (χ4v) is 4.48. The summed E-state index contributed by atoms with van der Waals surface area (Å²) in [5.41, 5.74) is 9.69. The van der Waals surface area contributed by atoms with Crippen molar-refractivity contribution in [2.24, 2.45) is 11.1 Å². The molecule has 1 aromatic heterocycles. The zero-order valence-electron chi connectivity index (χ0n) is 16.3. The number of hydrogen-bond acceptors (Lipinski definition) is 5. The van der Waals surface area contributed by atoms with Gasteiger partial charge >= 0.3 is 0 Å². The van der Waals surface area contributed by atoms with E-state index >= 15 is 0 Å². The van der Waals surface area contributed by atoms with Crippen molar-refractivity contribution in [3.05, 3.63) is 82.0 Å². The number of aromatic nitrogens is 1. The van der Waals surface area contributed by atoms with Crippen molar-refractivity contribution in [1.29, 1.82) is 5.26 Å². The number of rotatable bonds is 2. The van der Waals surface area contributed by atoms with Gasteiger partial charge < -0.3 is 5.73 Å². The van der Waals surface area contributed by atoms with E-state index in [0.29, 0.717) is 34.8 Å². The zero-order valence-corrected chi connectivity index (χ0v) is 17.1. The molecule has 0 saturated heterocycles. The highest BCUT2D eigenvalue weighted by atomic mass is 35.5. The Balaban J connectivity index is 2.01. The lowest BCUT2D eigenvalue weighted by Gasteiger charge is -2.43. The molecule has 29 heavy (non-hydrogen) atoms. The molecule has 0 spiro atoms. The monoisotopic (exact) mass is 404 g/mol. The topological polar surface area (TPSA) is 83.0 Å². The third kappa shape index (κ3) is 3.30. The van der Waals surface area contributed by atoms with Gasteiger partial charge in [0.15, 0.2) is 5.78 Å². The van der Waals surface area contributed by atoms with Gasteiger partial charge in [-0.05, 0) is 41.7 Å². The Kier molecular flexibility index (Phi) is 4.68. The summed E-state index contributed by atoms with van der Waals surface area (Å²) in [6.07, 6.45) is 4.45. The molecule has 1 aliphatic carbocycles. The Hall–Kier alpha value is -3.10. The van der Waals surface area contributed by atoms with Gasteiger partial charge in [0.05, 0.1) is 17.6 Å². The van der Waals surface area contributed by atoms with Gasteiger partial charge in [0, 0.05) is 40.8 Å². The molecule has 0 radical (unpaired) electrons. The normalized spacial score (nSPS) is 21.1. The van der Waals surface area contributed by atoms with Gasteiger partial charge in [-0.1, -0.05) is 37.6 Å². The molecule has 1 aliphatic heterocycles. The van der Waals surface area contributed by atoms with Crippen LogP contribution in [0.3, 0.4) is 0 Å². The minimum atomic E-state index is -0.511. The molecule has 2 N–H and O–H groups in total. The average molecular weight is 405 g/mol. The number of anilines is 1. The van der Waals surface area contributed by atoms with Gasteiger partial charge in [-0.15, -0.1) is 0 Å². The number of pyridine rings is 1. The fraction of sp³-hybridized carbons (Fsp3) is 0.261. The van der Waals surface area contributed by atoms with E-state index in [2.05, 4.69) is 24.9 Å². The second kappa shape index (κ2) is 7.06. The minimum absolute atomic E-state index is 0.0392. The first-order valence-electron chi connectivity index (χ1n) is 9.44. The van der Waals surface area contributed by atoms with Crippen LogP contribution in [0.2, 0.25) is 5.02 Å². The van der Waals surface area contributed by atoms with E-state index in [1.54, 1.807) is 30.6 Å². The van der Waals surface area contributed by atoms with Crippen LogP contribution in [0.4, 0.5) is 5.69 Å². The van der Waals surface area contributed by atoms with E-state index in [4.69, 9.17) is 17.3 Å². The number of allylic oxidation sites excluding steroid dienone is 3. The molecule has 0 bridgehead atoms. The molecule has 6 heteroatoms. The second-order valence-corrected chi connectivity index (χ2v) is 8.68. The van der Waals surface area contributed by atoms with Crippen LogP contribution in [0.15, 0.2) is 71.5 Å². The number of carbonyl (C=O) groups excluding carboxylic acids is 1. The highest BCUT2D eigenvalue weighted by Crippen LogP contribution is 2.50. The quantitative estimate of drug-likeness (QED) is 0.785. The molecule has 0 saturated carbocycles. The van der Waals surface area contributed by atoms with Crippen molar-refractivity contribution in [3.8, 4) is 6.07 Å². The molecule has 4 rings (SSSR count). The first kappa shape index (κ1) is 19.2. The standard InChI is InChI=1S/C23H21ClN4O/c1-23(2)10-18-21(19(29)11-23)20(14-5-4-8-27-13-14)17(12-25)22(26)28(18)16-7-3-6-15(24)9-16/h3-9,13,20H,10-11,26H2,1-2H3. The maximum atomic E-state index is 13.3. The largest absolute Gasteiger partial charge is 0.384 e. The summed E-state index contributed by atoms with van der Waals surface area (Å²) in [4.78, 5) is 19.4. The molecule has 0 fully saturated rings. The predicted octanol–water partition coefficient (Wildman–Crippen LogP) is 4.68. The van der Waals surface area contributed by atoms with Crippen LogP contribution in [-0.4, -0.2) is 10.8 Å². The van der Waals surface area contributed by atoms with Crippen molar-refractivity contribution in [2.45, 2.75) is 32.6 Å². The minimum Gasteiger partial charge on any atom is -0.384 e. The van der Waals surface area contributed by atoms with Gasteiger partial charge in [0.1, 0.15) is 5.82 Å². The van der Waals surface area contributed by atoms with E-state index in [-0.39, 0.29) is 11.2 Å². The van der Waals surface area contributed by atoms with Crippen molar-refractivity contribution in [3.63, 3.8) is 0 Å². The number of nitrogens with two attached hydrogens (primary N) is 1. The summed E-state index contributed by atoms with van der Waals surface area (Å²) in [7, 11) is 0. The Morgan fingerprint density at radius 2 is 2.07 bits per heavy atom. The lowest BCUT2D eigenvalue weighted by Crippen LogP contribution is -2.42. The average Bonchev–Trinajstić information content (AvgIpc) is 2.67. The predicted molar refractivity (Wildman–Crippen MR) is 113 cm³/mol. The molecule has 2 aromatic rings. The maximum Gasteiger partial charge on any atom is 0.162 e. The molecule has 1 atom stereocenters. The lowest BCUT2D eigenvalue weighted by atomic mass is 9.68. The number of hydrogen-bond donors (Lipinski definition) is 1.